The van der Waals surface area contributed by atoms with Gasteiger partial charge in [0.2, 0.25) is 17.2 Å². The molecule has 128 valence electrons. The second-order valence-corrected chi connectivity index (χ2v) is 5.09. The van der Waals surface area contributed by atoms with E-state index in [0.717, 1.165) is 24.3 Å². The molecule has 2 aromatic carbocycles. The first-order valence-corrected chi connectivity index (χ1v) is 7.14. The lowest BCUT2D eigenvalue weighted by molar-refractivity contribution is 0.585. The summed E-state index contributed by atoms with van der Waals surface area (Å²) in [4.78, 5) is 11.4. The first-order chi connectivity index (χ1) is 11.9. The van der Waals surface area contributed by atoms with Crippen LogP contribution in [0.5, 0.6) is 0 Å². The Bertz CT molecular complexity index is 866. The zero-order chi connectivity index (χ0) is 18.0. The van der Waals surface area contributed by atoms with Crippen LogP contribution in [0.2, 0.25) is 5.28 Å². The fourth-order valence-corrected chi connectivity index (χ4v) is 2.04. The molecule has 0 atom stereocenters. The quantitative estimate of drug-likeness (QED) is 0.660. The van der Waals surface area contributed by atoms with E-state index in [4.69, 9.17) is 11.6 Å². The average Bonchev–Trinajstić information content (AvgIpc) is 2.52. The van der Waals surface area contributed by atoms with Crippen molar-refractivity contribution in [2.75, 3.05) is 10.6 Å². The van der Waals surface area contributed by atoms with Gasteiger partial charge in [-0.2, -0.15) is 15.0 Å². The molecule has 2 N–H and O–H groups in total. The summed E-state index contributed by atoms with van der Waals surface area (Å²) < 4.78 is 53.2. The van der Waals surface area contributed by atoms with Crippen LogP contribution >= 0.6 is 11.6 Å². The lowest BCUT2D eigenvalue weighted by Gasteiger charge is -2.09. The molecule has 0 saturated heterocycles. The Morgan fingerprint density at radius 3 is 1.52 bits per heavy atom. The Labute approximate surface area is 143 Å². The molecule has 3 rings (SSSR count). The van der Waals surface area contributed by atoms with Gasteiger partial charge in [-0.15, -0.1) is 0 Å². The number of hydrogen-bond donors (Lipinski definition) is 2. The van der Waals surface area contributed by atoms with E-state index in [0.29, 0.717) is 12.1 Å². The number of anilines is 4. The highest BCUT2D eigenvalue weighted by molar-refractivity contribution is 6.28. The van der Waals surface area contributed by atoms with E-state index >= 15 is 0 Å². The Hall–Kier alpha value is -2.94. The zero-order valence-corrected chi connectivity index (χ0v) is 13.0. The minimum absolute atomic E-state index is 0.0948. The van der Waals surface area contributed by atoms with Crippen LogP contribution < -0.4 is 10.6 Å². The maximum absolute atomic E-state index is 13.7. The largest absolute Gasteiger partial charge is 0.321 e. The smallest absolute Gasteiger partial charge is 0.233 e. The monoisotopic (exact) mass is 369 g/mol. The van der Waals surface area contributed by atoms with Gasteiger partial charge in [-0.3, -0.25) is 0 Å². The first kappa shape index (κ1) is 16.9. The van der Waals surface area contributed by atoms with Gasteiger partial charge in [0.1, 0.15) is 23.3 Å². The third kappa shape index (κ3) is 4.13. The third-order valence-electron chi connectivity index (χ3n) is 2.96. The van der Waals surface area contributed by atoms with Crippen LogP contribution in [0.3, 0.4) is 0 Å². The second kappa shape index (κ2) is 6.89. The number of rotatable bonds is 4. The molecule has 3 aromatic rings. The minimum atomic E-state index is -0.865. The van der Waals surface area contributed by atoms with Gasteiger partial charge in [0.25, 0.3) is 0 Å². The van der Waals surface area contributed by atoms with Gasteiger partial charge in [-0.25, -0.2) is 17.6 Å². The van der Waals surface area contributed by atoms with Crippen molar-refractivity contribution in [1.82, 2.24) is 15.0 Å². The molecule has 0 aliphatic carbocycles. The van der Waals surface area contributed by atoms with Gasteiger partial charge in [0.05, 0.1) is 11.4 Å². The van der Waals surface area contributed by atoms with E-state index < -0.39 is 23.3 Å². The topological polar surface area (TPSA) is 62.7 Å². The summed E-state index contributed by atoms with van der Waals surface area (Å²) in [5.41, 5.74) is -0.190. The Kier molecular flexibility index (Phi) is 4.66. The van der Waals surface area contributed by atoms with Crippen LogP contribution in [0.4, 0.5) is 40.8 Å². The van der Waals surface area contributed by atoms with E-state index in [-0.39, 0.29) is 28.6 Å². The number of benzene rings is 2. The molecule has 0 bridgehead atoms. The average molecular weight is 370 g/mol. The molecule has 10 heteroatoms. The molecule has 0 spiro atoms. The highest BCUT2D eigenvalue weighted by atomic mass is 35.5. The summed E-state index contributed by atoms with van der Waals surface area (Å²) in [5, 5.41) is 4.76. The second-order valence-electron chi connectivity index (χ2n) is 4.75. The molecule has 0 fully saturated rings. The molecule has 0 saturated carbocycles. The standard InChI is InChI=1S/C15H8ClF4N5/c16-13-23-14(21-11-3-1-7(17)5-9(11)19)25-15(24-13)22-12-4-2-8(18)6-10(12)20/h1-6H,(H2,21,22,23,24,25). The molecule has 25 heavy (non-hydrogen) atoms. The van der Waals surface area contributed by atoms with Crippen LogP contribution in [-0.4, -0.2) is 15.0 Å². The molecular formula is C15H8ClF4N5. The normalized spacial score (nSPS) is 10.6. The predicted molar refractivity (Wildman–Crippen MR) is 84.1 cm³/mol. The van der Waals surface area contributed by atoms with Crippen molar-refractivity contribution in [3.8, 4) is 0 Å². The van der Waals surface area contributed by atoms with Crippen LogP contribution in [0.1, 0.15) is 0 Å². The van der Waals surface area contributed by atoms with Crippen molar-refractivity contribution in [2.45, 2.75) is 0 Å². The molecule has 1 heterocycles. The van der Waals surface area contributed by atoms with Crippen LogP contribution in [0.25, 0.3) is 0 Å². The Balaban J connectivity index is 1.87. The van der Waals surface area contributed by atoms with Gasteiger partial charge in [0, 0.05) is 12.1 Å². The summed E-state index contributed by atoms with van der Waals surface area (Å²) in [5.74, 6) is -3.53. The van der Waals surface area contributed by atoms with Crippen molar-refractivity contribution in [3.63, 3.8) is 0 Å². The van der Waals surface area contributed by atoms with Crippen LogP contribution in [0, 0.1) is 23.3 Å². The van der Waals surface area contributed by atoms with Crippen LogP contribution in [-0.2, 0) is 0 Å². The highest BCUT2D eigenvalue weighted by Gasteiger charge is 2.11. The summed E-state index contributed by atoms with van der Waals surface area (Å²) in [6.07, 6.45) is 0. The molecule has 0 amide bonds. The van der Waals surface area contributed by atoms with Crippen molar-refractivity contribution in [3.05, 3.63) is 65.0 Å². The van der Waals surface area contributed by atoms with Crippen LogP contribution in [0.15, 0.2) is 36.4 Å². The van der Waals surface area contributed by atoms with E-state index in [2.05, 4.69) is 25.6 Å². The highest BCUT2D eigenvalue weighted by Crippen LogP contribution is 2.22. The third-order valence-corrected chi connectivity index (χ3v) is 3.13. The Morgan fingerprint density at radius 1 is 0.680 bits per heavy atom. The van der Waals surface area contributed by atoms with E-state index in [1.165, 1.54) is 0 Å². The molecule has 0 unspecified atom stereocenters. The van der Waals surface area contributed by atoms with Gasteiger partial charge < -0.3 is 10.6 Å². The van der Waals surface area contributed by atoms with Gasteiger partial charge in [-0.1, -0.05) is 0 Å². The van der Waals surface area contributed by atoms with E-state index in [1.54, 1.807) is 0 Å². The maximum atomic E-state index is 13.7. The molecule has 5 nitrogen and oxygen atoms in total. The van der Waals surface area contributed by atoms with E-state index in [1.807, 2.05) is 0 Å². The minimum Gasteiger partial charge on any atom is -0.321 e. The fourth-order valence-electron chi connectivity index (χ4n) is 1.88. The van der Waals surface area contributed by atoms with Crippen molar-refractivity contribution >= 4 is 34.9 Å². The first-order valence-electron chi connectivity index (χ1n) is 6.76. The van der Waals surface area contributed by atoms with Crippen molar-refractivity contribution < 1.29 is 17.6 Å². The molecule has 1 aromatic heterocycles. The summed E-state index contributed by atoms with van der Waals surface area (Å²) in [6, 6.07) is 5.74. The maximum Gasteiger partial charge on any atom is 0.233 e. The SMILES string of the molecule is Fc1ccc(Nc2nc(Cl)nc(Nc3ccc(F)cc3F)n2)c(F)c1. The molecule has 0 aliphatic heterocycles. The zero-order valence-electron chi connectivity index (χ0n) is 12.2. The molecule has 0 radical (unpaired) electrons. The van der Waals surface area contributed by atoms with E-state index in [9.17, 15) is 17.6 Å². The lowest BCUT2D eigenvalue weighted by atomic mass is 10.3. The molecule has 0 aliphatic rings. The van der Waals surface area contributed by atoms with Gasteiger partial charge in [0.15, 0.2) is 0 Å². The predicted octanol–water partition coefficient (Wildman–Crippen LogP) is 4.57. The number of halogens is 5. The summed E-state index contributed by atoms with van der Waals surface area (Å²) in [6.45, 7) is 0. The number of hydrogen-bond acceptors (Lipinski definition) is 5. The van der Waals surface area contributed by atoms with Gasteiger partial charge >= 0.3 is 0 Å². The summed E-state index contributed by atoms with van der Waals surface area (Å²) >= 11 is 5.76. The lowest BCUT2D eigenvalue weighted by Crippen LogP contribution is -2.05. The number of nitrogens with one attached hydrogen (secondary N) is 2. The molecular weight excluding hydrogens is 362 g/mol. The number of aromatic nitrogens is 3. The number of nitrogens with zero attached hydrogens (tertiary/aromatic N) is 3. The summed E-state index contributed by atoms with van der Waals surface area (Å²) in [7, 11) is 0. The fraction of sp³-hybridized carbons (Fsp3) is 0. The van der Waals surface area contributed by atoms with Crippen molar-refractivity contribution in [2.24, 2.45) is 0 Å². The van der Waals surface area contributed by atoms with Gasteiger partial charge in [-0.05, 0) is 35.9 Å². The Morgan fingerprint density at radius 2 is 1.12 bits per heavy atom. The van der Waals surface area contributed by atoms with Crippen molar-refractivity contribution in [1.29, 1.82) is 0 Å².